The number of hydrogen-bond acceptors (Lipinski definition) is 7. The van der Waals surface area contributed by atoms with Crippen molar-refractivity contribution >= 4 is 17.2 Å². The number of pyridine rings is 1. The van der Waals surface area contributed by atoms with Gasteiger partial charge >= 0.3 is 0 Å². The molecule has 36 heavy (non-hydrogen) atoms. The van der Waals surface area contributed by atoms with Crippen molar-refractivity contribution in [1.29, 1.82) is 0 Å². The molecule has 0 spiro atoms. The molecule has 4 rings (SSSR count). The maximum absolute atomic E-state index is 14.1. The minimum atomic E-state index is -3.09. The molecule has 0 saturated carbocycles. The molecule has 0 radical (unpaired) electrons. The molecule has 2 atom stereocenters. The molecule has 2 unspecified atom stereocenters. The van der Waals surface area contributed by atoms with Gasteiger partial charge in [0, 0.05) is 37.2 Å². The Morgan fingerprint density at radius 1 is 1.28 bits per heavy atom. The van der Waals surface area contributed by atoms with E-state index in [1.54, 1.807) is 7.11 Å². The summed E-state index contributed by atoms with van der Waals surface area (Å²) in [4.78, 5) is 18.9. The maximum Gasteiger partial charge on any atom is 0.289 e. The van der Waals surface area contributed by atoms with Crippen LogP contribution in [0.15, 0.2) is 42.1 Å². The first-order valence-electron chi connectivity index (χ1n) is 12.0. The first-order chi connectivity index (χ1) is 17.2. The number of amides is 1. The Morgan fingerprint density at radius 3 is 2.72 bits per heavy atom. The van der Waals surface area contributed by atoms with E-state index in [9.17, 15) is 13.6 Å². The summed E-state index contributed by atoms with van der Waals surface area (Å²) in [6, 6.07) is 4.19. The number of aromatic nitrogens is 3. The highest BCUT2D eigenvalue weighted by atomic mass is 19.3. The number of ether oxygens (including phenoxy) is 2. The predicted molar refractivity (Wildman–Crippen MR) is 132 cm³/mol. The monoisotopic (exact) mass is 499 g/mol. The molecule has 0 bridgehead atoms. The summed E-state index contributed by atoms with van der Waals surface area (Å²) in [7, 11) is 1.57. The highest BCUT2D eigenvalue weighted by Crippen LogP contribution is 2.36. The standard InChI is InChI=1S/C26H31F2N5O3/c1-5-26(27,28)22-14-18(8-9-29-22)24(34)30-19-7-6-16(2)23(17(19)3)20-15-21(25(35-4)32-31-20)33-10-12-36-13-11-33/h6-9,14-15,17,19H,5,10-13H2,1-4H3,(H,30,34). The van der Waals surface area contributed by atoms with Crippen LogP contribution in [0.1, 0.15) is 48.9 Å². The molecular formula is C26H31F2N5O3. The number of rotatable bonds is 7. The molecule has 1 fully saturated rings. The Bertz CT molecular complexity index is 1180. The van der Waals surface area contributed by atoms with Gasteiger partial charge in [0.25, 0.3) is 17.7 Å². The fourth-order valence-electron chi connectivity index (χ4n) is 4.52. The van der Waals surface area contributed by atoms with E-state index >= 15 is 0 Å². The van der Waals surface area contributed by atoms with Crippen LogP contribution in [0.4, 0.5) is 14.5 Å². The van der Waals surface area contributed by atoms with Gasteiger partial charge in [-0.05, 0) is 36.3 Å². The molecule has 192 valence electrons. The van der Waals surface area contributed by atoms with Gasteiger partial charge < -0.3 is 19.7 Å². The summed E-state index contributed by atoms with van der Waals surface area (Å²) >= 11 is 0. The second-order valence-electron chi connectivity index (χ2n) is 8.95. The van der Waals surface area contributed by atoms with Crippen molar-refractivity contribution in [3.63, 3.8) is 0 Å². The lowest BCUT2D eigenvalue weighted by Crippen LogP contribution is -2.40. The number of hydrogen-bond donors (Lipinski definition) is 1. The van der Waals surface area contributed by atoms with Gasteiger partial charge in [0.2, 0.25) is 0 Å². The highest BCUT2D eigenvalue weighted by molar-refractivity contribution is 5.95. The molecule has 2 aromatic heterocycles. The number of allylic oxidation sites excluding steroid dienone is 2. The van der Waals surface area contributed by atoms with Crippen molar-refractivity contribution in [3.8, 4) is 5.88 Å². The van der Waals surface area contributed by atoms with Crippen LogP contribution in [-0.2, 0) is 10.7 Å². The fraction of sp³-hybridized carbons (Fsp3) is 0.462. The number of halogens is 2. The third kappa shape index (κ3) is 5.23. The number of nitrogens with zero attached hydrogens (tertiary/aromatic N) is 4. The van der Waals surface area contributed by atoms with Crippen molar-refractivity contribution in [2.75, 3.05) is 38.3 Å². The van der Waals surface area contributed by atoms with E-state index < -0.39 is 23.9 Å². The lowest BCUT2D eigenvalue weighted by atomic mass is 9.83. The van der Waals surface area contributed by atoms with E-state index in [1.165, 1.54) is 19.2 Å². The summed E-state index contributed by atoms with van der Waals surface area (Å²) in [6.07, 6.45) is 4.69. The SMILES string of the molecule is CCC(F)(F)c1cc(C(=O)NC2C=CC(C)=C(c3cc(N4CCOCC4)c(OC)nn3)C2C)ccn1. The van der Waals surface area contributed by atoms with Gasteiger partial charge in [-0.1, -0.05) is 26.0 Å². The number of morpholine rings is 1. The van der Waals surface area contributed by atoms with Crippen LogP contribution < -0.4 is 15.0 Å². The summed E-state index contributed by atoms with van der Waals surface area (Å²) in [5, 5.41) is 11.7. The van der Waals surface area contributed by atoms with Gasteiger partial charge in [-0.2, -0.15) is 8.78 Å². The van der Waals surface area contributed by atoms with Gasteiger partial charge in [0.15, 0.2) is 0 Å². The lowest BCUT2D eigenvalue weighted by molar-refractivity contribution is -0.0128. The second kappa shape index (κ2) is 10.7. The van der Waals surface area contributed by atoms with Crippen LogP contribution in [0.5, 0.6) is 5.88 Å². The molecule has 2 aromatic rings. The zero-order valence-corrected chi connectivity index (χ0v) is 20.9. The Balaban J connectivity index is 1.57. The molecule has 1 amide bonds. The first-order valence-corrected chi connectivity index (χ1v) is 12.0. The second-order valence-corrected chi connectivity index (χ2v) is 8.95. The maximum atomic E-state index is 14.1. The van der Waals surface area contributed by atoms with Crippen molar-refractivity contribution in [3.05, 3.63) is 59.1 Å². The van der Waals surface area contributed by atoms with Crippen LogP contribution in [0.3, 0.4) is 0 Å². The van der Waals surface area contributed by atoms with E-state index in [4.69, 9.17) is 9.47 Å². The van der Waals surface area contributed by atoms with Gasteiger partial charge in [-0.25, -0.2) is 0 Å². The van der Waals surface area contributed by atoms with E-state index in [-0.39, 0.29) is 17.5 Å². The molecule has 3 heterocycles. The topological polar surface area (TPSA) is 89.5 Å². The van der Waals surface area contributed by atoms with E-state index in [0.29, 0.717) is 24.8 Å². The van der Waals surface area contributed by atoms with Gasteiger partial charge in [-0.3, -0.25) is 9.78 Å². The molecule has 1 aliphatic carbocycles. The van der Waals surface area contributed by atoms with Crippen molar-refractivity contribution in [2.45, 2.75) is 39.2 Å². The Hall–Kier alpha value is -3.40. The number of carbonyl (C=O) groups is 1. The molecule has 1 saturated heterocycles. The molecule has 1 aliphatic heterocycles. The molecular weight excluding hydrogens is 468 g/mol. The van der Waals surface area contributed by atoms with Crippen LogP contribution in [-0.4, -0.2) is 60.5 Å². The first kappa shape index (κ1) is 25.7. The zero-order chi connectivity index (χ0) is 25.9. The van der Waals surface area contributed by atoms with Crippen molar-refractivity contribution < 1.29 is 23.0 Å². The molecule has 8 nitrogen and oxygen atoms in total. The van der Waals surface area contributed by atoms with Crippen LogP contribution in [0.2, 0.25) is 0 Å². The summed E-state index contributed by atoms with van der Waals surface area (Å²) in [6.45, 7) is 8.05. The minimum absolute atomic E-state index is 0.139. The fourth-order valence-corrected chi connectivity index (χ4v) is 4.52. The van der Waals surface area contributed by atoms with Gasteiger partial charge in [0.1, 0.15) is 11.4 Å². The summed E-state index contributed by atoms with van der Waals surface area (Å²) in [5.74, 6) is -3.23. The van der Waals surface area contributed by atoms with Gasteiger partial charge in [-0.15, -0.1) is 10.2 Å². The van der Waals surface area contributed by atoms with Gasteiger partial charge in [0.05, 0.1) is 32.1 Å². The predicted octanol–water partition coefficient (Wildman–Crippen LogP) is 4.00. The van der Waals surface area contributed by atoms with Crippen LogP contribution in [0.25, 0.3) is 5.57 Å². The molecule has 1 N–H and O–H groups in total. The average molecular weight is 500 g/mol. The Labute approximate surface area is 209 Å². The van der Waals surface area contributed by atoms with E-state index in [0.717, 1.165) is 36.0 Å². The zero-order valence-electron chi connectivity index (χ0n) is 20.9. The molecule has 0 aromatic carbocycles. The number of methoxy groups -OCH3 is 1. The quantitative estimate of drug-likeness (QED) is 0.616. The molecule has 10 heteroatoms. The van der Waals surface area contributed by atoms with Crippen molar-refractivity contribution in [1.82, 2.24) is 20.5 Å². The van der Waals surface area contributed by atoms with Crippen LogP contribution >= 0.6 is 0 Å². The normalized spacial score (nSPS) is 20.4. The number of alkyl halides is 2. The third-order valence-electron chi connectivity index (χ3n) is 6.67. The number of nitrogens with one attached hydrogen (secondary N) is 1. The molecule has 2 aliphatic rings. The highest BCUT2D eigenvalue weighted by Gasteiger charge is 2.32. The van der Waals surface area contributed by atoms with E-state index in [2.05, 4.69) is 25.4 Å². The van der Waals surface area contributed by atoms with Crippen molar-refractivity contribution in [2.24, 2.45) is 5.92 Å². The largest absolute Gasteiger partial charge is 0.478 e. The minimum Gasteiger partial charge on any atom is -0.478 e. The van der Waals surface area contributed by atoms with E-state index in [1.807, 2.05) is 32.1 Å². The average Bonchev–Trinajstić information content (AvgIpc) is 2.90. The number of carbonyl (C=O) groups excluding carboxylic acids is 1. The number of anilines is 1. The van der Waals surface area contributed by atoms with Crippen LogP contribution in [0, 0.1) is 5.92 Å². The smallest absolute Gasteiger partial charge is 0.289 e. The third-order valence-corrected chi connectivity index (χ3v) is 6.67. The Kier molecular flexibility index (Phi) is 7.63. The lowest BCUT2D eigenvalue weighted by Gasteiger charge is -2.31. The Morgan fingerprint density at radius 2 is 2.03 bits per heavy atom. The summed E-state index contributed by atoms with van der Waals surface area (Å²) < 4.78 is 39.1. The summed E-state index contributed by atoms with van der Waals surface area (Å²) in [5.41, 5.74) is 3.22.